The van der Waals surface area contributed by atoms with Crippen molar-refractivity contribution >= 4 is 15.8 Å². The summed E-state index contributed by atoms with van der Waals surface area (Å²) < 4.78 is 30.1. The Hall–Kier alpha value is -2.09. The summed E-state index contributed by atoms with van der Waals surface area (Å²) in [5.41, 5.74) is 0.366. The quantitative estimate of drug-likeness (QED) is 0.876. The van der Waals surface area contributed by atoms with Crippen molar-refractivity contribution in [3.05, 3.63) is 35.9 Å². The molecule has 0 aromatic carbocycles. The molecule has 0 radical (unpaired) electrons. The van der Waals surface area contributed by atoms with Gasteiger partial charge in [0.25, 0.3) is 0 Å². The first-order chi connectivity index (χ1) is 8.38. The maximum atomic E-state index is 11.9. The Morgan fingerprint density at radius 1 is 1.44 bits per heavy atom. The second-order valence-electron chi connectivity index (χ2n) is 3.66. The predicted octanol–water partition coefficient (Wildman–Crippen LogP) is 0.685. The molecule has 0 saturated carbocycles. The third kappa shape index (κ3) is 2.43. The lowest BCUT2D eigenvalue weighted by Crippen LogP contribution is -2.05. The zero-order chi connectivity index (χ0) is 13.3. The molecule has 0 bridgehead atoms. The molecule has 0 aliphatic heterocycles. The van der Waals surface area contributed by atoms with Gasteiger partial charge in [0.1, 0.15) is 5.75 Å². The number of carboxylic acids is 1. The van der Waals surface area contributed by atoms with Gasteiger partial charge in [0.05, 0.1) is 5.69 Å². The fourth-order valence-electron chi connectivity index (χ4n) is 1.41. The lowest BCUT2D eigenvalue weighted by atomic mass is 10.5. The Balaban J connectivity index is 2.27. The highest BCUT2D eigenvalue weighted by Crippen LogP contribution is 2.18. The Labute approximate surface area is 103 Å². The van der Waals surface area contributed by atoms with Crippen molar-refractivity contribution in [3.8, 4) is 0 Å². The molecule has 0 spiro atoms. The Morgan fingerprint density at radius 3 is 2.67 bits per heavy atom. The van der Waals surface area contributed by atoms with E-state index in [1.165, 1.54) is 4.68 Å². The number of carboxylic acid groups (broad SMARTS) is 1. The molecule has 0 atom stereocenters. The molecule has 0 aliphatic rings. The molecule has 0 saturated heterocycles. The van der Waals surface area contributed by atoms with Gasteiger partial charge in [-0.15, -0.1) is 0 Å². The van der Waals surface area contributed by atoms with Gasteiger partial charge in [-0.25, -0.2) is 13.2 Å². The largest absolute Gasteiger partial charge is 0.475 e. The van der Waals surface area contributed by atoms with E-state index < -0.39 is 21.6 Å². The van der Waals surface area contributed by atoms with Crippen LogP contribution < -0.4 is 0 Å². The van der Waals surface area contributed by atoms with Gasteiger partial charge >= 0.3 is 5.97 Å². The van der Waals surface area contributed by atoms with Crippen LogP contribution in [0.1, 0.15) is 16.2 Å². The van der Waals surface area contributed by atoms with Gasteiger partial charge in [-0.1, -0.05) is 0 Å². The lowest BCUT2D eigenvalue weighted by molar-refractivity contribution is 0.0656. The molecule has 7 nitrogen and oxygen atoms in total. The highest BCUT2D eigenvalue weighted by molar-refractivity contribution is 7.90. The SMILES string of the molecule is Cn1ccc(CS(=O)(=O)c2ccc(C(=O)O)o2)n1. The lowest BCUT2D eigenvalue weighted by Gasteiger charge is -1.97. The average Bonchev–Trinajstić information content (AvgIpc) is 2.86. The van der Waals surface area contributed by atoms with Gasteiger partial charge in [-0.2, -0.15) is 5.10 Å². The molecule has 0 unspecified atom stereocenters. The van der Waals surface area contributed by atoms with Crippen molar-refractivity contribution in [1.29, 1.82) is 0 Å². The van der Waals surface area contributed by atoms with E-state index in [4.69, 9.17) is 9.52 Å². The number of sulfone groups is 1. The fraction of sp³-hybridized carbons (Fsp3) is 0.200. The number of carbonyl (C=O) groups is 1. The zero-order valence-corrected chi connectivity index (χ0v) is 10.2. The third-order valence-electron chi connectivity index (χ3n) is 2.21. The topological polar surface area (TPSA) is 102 Å². The summed E-state index contributed by atoms with van der Waals surface area (Å²) in [6.45, 7) is 0. The highest BCUT2D eigenvalue weighted by Gasteiger charge is 2.22. The Bertz CT molecular complexity index is 683. The van der Waals surface area contributed by atoms with E-state index in [9.17, 15) is 13.2 Å². The Kier molecular flexibility index (Phi) is 2.95. The van der Waals surface area contributed by atoms with Gasteiger partial charge in [0.2, 0.25) is 20.7 Å². The van der Waals surface area contributed by atoms with Crippen LogP contribution in [0.15, 0.2) is 33.9 Å². The second-order valence-corrected chi connectivity index (χ2v) is 5.58. The van der Waals surface area contributed by atoms with Crippen LogP contribution in [0.25, 0.3) is 0 Å². The van der Waals surface area contributed by atoms with E-state index in [1.54, 1.807) is 19.3 Å². The summed E-state index contributed by atoms with van der Waals surface area (Å²) >= 11 is 0. The van der Waals surface area contributed by atoms with E-state index >= 15 is 0 Å². The minimum atomic E-state index is -3.72. The standard InChI is InChI=1S/C10H10N2O5S/c1-12-5-4-7(11-12)6-18(15,16)9-3-2-8(17-9)10(13)14/h2-5H,6H2,1H3,(H,13,14). The maximum Gasteiger partial charge on any atom is 0.371 e. The highest BCUT2D eigenvalue weighted by atomic mass is 32.2. The second kappa shape index (κ2) is 4.30. The molecule has 0 amide bonds. The van der Waals surface area contributed by atoms with Gasteiger partial charge in [0.15, 0.2) is 0 Å². The minimum absolute atomic E-state index is 0.333. The molecule has 8 heteroatoms. The van der Waals surface area contributed by atoms with Gasteiger partial charge in [-0.3, -0.25) is 4.68 Å². The molecular weight excluding hydrogens is 260 g/mol. The van der Waals surface area contributed by atoms with Crippen LogP contribution in [0.2, 0.25) is 0 Å². The monoisotopic (exact) mass is 270 g/mol. The molecule has 2 aromatic rings. The normalized spacial score (nSPS) is 11.6. The smallest absolute Gasteiger partial charge is 0.371 e. The van der Waals surface area contributed by atoms with Crippen LogP contribution in [0, 0.1) is 0 Å². The average molecular weight is 270 g/mol. The van der Waals surface area contributed by atoms with Crippen LogP contribution in [-0.4, -0.2) is 29.3 Å². The fourth-order valence-corrected chi connectivity index (χ4v) is 2.59. The summed E-state index contributed by atoms with van der Waals surface area (Å²) in [7, 11) is -2.05. The van der Waals surface area contributed by atoms with Crippen LogP contribution in [0.3, 0.4) is 0 Å². The molecule has 18 heavy (non-hydrogen) atoms. The van der Waals surface area contributed by atoms with Crippen LogP contribution in [0.5, 0.6) is 0 Å². The first kappa shape index (κ1) is 12.4. The molecule has 1 N–H and O–H groups in total. The van der Waals surface area contributed by atoms with Crippen molar-refractivity contribution in [3.63, 3.8) is 0 Å². The summed E-state index contributed by atoms with van der Waals surface area (Å²) in [6, 6.07) is 3.80. The van der Waals surface area contributed by atoms with E-state index in [2.05, 4.69) is 5.10 Å². The molecular formula is C10H10N2O5S. The van der Waals surface area contributed by atoms with E-state index in [0.717, 1.165) is 12.1 Å². The van der Waals surface area contributed by atoms with Crippen LogP contribution in [0.4, 0.5) is 0 Å². The molecule has 96 valence electrons. The van der Waals surface area contributed by atoms with Crippen molar-refractivity contribution < 1.29 is 22.7 Å². The number of rotatable bonds is 4. The number of aryl methyl sites for hydroxylation is 1. The van der Waals surface area contributed by atoms with E-state index in [1.807, 2.05) is 0 Å². The number of aromatic nitrogens is 2. The summed E-state index contributed by atoms with van der Waals surface area (Å²) in [4.78, 5) is 10.6. The first-order valence-corrected chi connectivity index (χ1v) is 6.58. The van der Waals surface area contributed by atoms with Crippen LogP contribution in [-0.2, 0) is 22.6 Å². The number of nitrogens with zero attached hydrogens (tertiary/aromatic N) is 2. The molecule has 2 rings (SSSR count). The number of hydrogen-bond donors (Lipinski definition) is 1. The van der Waals surface area contributed by atoms with Gasteiger partial charge in [-0.05, 0) is 18.2 Å². The van der Waals surface area contributed by atoms with E-state index in [0.29, 0.717) is 5.69 Å². The molecule has 0 fully saturated rings. The molecule has 2 heterocycles. The van der Waals surface area contributed by atoms with Crippen molar-refractivity contribution in [2.45, 2.75) is 10.8 Å². The molecule has 2 aromatic heterocycles. The first-order valence-electron chi connectivity index (χ1n) is 4.93. The number of hydrogen-bond acceptors (Lipinski definition) is 5. The minimum Gasteiger partial charge on any atom is -0.475 e. The van der Waals surface area contributed by atoms with Crippen molar-refractivity contribution in [2.24, 2.45) is 7.05 Å². The number of furan rings is 1. The molecule has 0 aliphatic carbocycles. The predicted molar refractivity (Wildman–Crippen MR) is 59.8 cm³/mol. The van der Waals surface area contributed by atoms with Gasteiger partial charge in [0, 0.05) is 13.2 Å². The van der Waals surface area contributed by atoms with Crippen LogP contribution >= 0.6 is 0 Å². The summed E-state index contributed by atoms with van der Waals surface area (Å²) in [5.74, 6) is -2.05. The van der Waals surface area contributed by atoms with Crippen molar-refractivity contribution in [1.82, 2.24) is 9.78 Å². The maximum absolute atomic E-state index is 11.9. The van der Waals surface area contributed by atoms with E-state index in [-0.39, 0.29) is 10.8 Å². The Morgan fingerprint density at radius 2 is 2.17 bits per heavy atom. The summed E-state index contributed by atoms with van der Waals surface area (Å²) in [5, 5.41) is 12.2. The number of aromatic carboxylic acids is 1. The van der Waals surface area contributed by atoms with Crippen molar-refractivity contribution in [2.75, 3.05) is 0 Å². The zero-order valence-electron chi connectivity index (χ0n) is 9.40. The van der Waals surface area contributed by atoms with Gasteiger partial charge < -0.3 is 9.52 Å². The third-order valence-corrected chi connectivity index (χ3v) is 3.71. The summed E-state index contributed by atoms with van der Waals surface area (Å²) in [6.07, 6.45) is 1.62.